The second-order valence-corrected chi connectivity index (χ2v) is 7.09. The van der Waals surface area contributed by atoms with Gasteiger partial charge in [-0.25, -0.2) is 9.97 Å². The Kier molecular flexibility index (Phi) is 6.64. The van der Waals surface area contributed by atoms with Crippen molar-refractivity contribution in [2.24, 2.45) is 7.05 Å². The highest BCUT2D eigenvalue weighted by atomic mass is 19.4. The van der Waals surface area contributed by atoms with Gasteiger partial charge in [-0.05, 0) is 31.3 Å². The molecule has 1 N–H and O–H groups in total. The summed E-state index contributed by atoms with van der Waals surface area (Å²) in [6.07, 6.45) is -3.17. The van der Waals surface area contributed by atoms with Crippen LogP contribution in [0.2, 0.25) is 0 Å². The van der Waals surface area contributed by atoms with Gasteiger partial charge in [-0.1, -0.05) is 0 Å². The number of amides is 1. The Labute approximate surface area is 182 Å². The quantitative estimate of drug-likeness (QED) is 0.599. The van der Waals surface area contributed by atoms with Gasteiger partial charge >= 0.3 is 6.18 Å². The molecule has 8 nitrogen and oxygen atoms in total. The van der Waals surface area contributed by atoms with Crippen molar-refractivity contribution in [3.8, 4) is 23.1 Å². The summed E-state index contributed by atoms with van der Waals surface area (Å²) in [7, 11) is 4.89. The molecule has 168 valence electrons. The first-order valence-corrected chi connectivity index (χ1v) is 9.61. The van der Waals surface area contributed by atoms with Gasteiger partial charge in [0.25, 0.3) is 0 Å². The second-order valence-electron chi connectivity index (χ2n) is 7.09. The Bertz CT molecular complexity index is 1180. The van der Waals surface area contributed by atoms with Crippen molar-refractivity contribution in [3.05, 3.63) is 41.9 Å². The van der Waals surface area contributed by atoms with E-state index in [2.05, 4.69) is 15.3 Å². The minimum atomic E-state index is -4.67. The van der Waals surface area contributed by atoms with Crippen LogP contribution in [0.1, 0.15) is 11.3 Å². The molecule has 2 aromatic heterocycles. The molecule has 0 aliphatic carbocycles. The third-order valence-electron chi connectivity index (χ3n) is 4.84. The predicted molar refractivity (Wildman–Crippen MR) is 111 cm³/mol. The molecule has 2 heterocycles. The Morgan fingerprint density at radius 2 is 2.09 bits per heavy atom. The second kappa shape index (κ2) is 9.23. The number of carbonyl (C=O) groups excluding carboxylic acids is 1. The fraction of sp³-hybridized carbons (Fsp3) is 0.333. The maximum atomic E-state index is 13.7. The van der Waals surface area contributed by atoms with Crippen molar-refractivity contribution in [1.82, 2.24) is 24.8 Å². The van der Waals surface area contributed by atoms with Crippen LogP contribution < -0.4 is 10.1 Å². The highest BCUT2D eigenvalue weighted by Crippen LogP contribution is 2.39. The zero-order valence-corrected chi connectivity index (χ0v) is 17.7. The SMILES string of the molecule is CNCC(=O)N(C)CCOc1ccc(-c2cc3c(ncn3C)c(C#N)n2)cc1C(F)(F)F. The molecule has 1 amide bonds. The van der Waals surface area contributed by atoms with Gasteiger partial charge < -0.3 is 19.5 Å². The van der Waals surface area contributed by atoms with Crippen molar-refractivity contribution in [1.29, 1.82) is 5.26 Å². The van der Waals surface area contributed by atoms with Gasteiger partial charge in [0.05, 0.1) is 36.2 Å². The van der Waals surface area contributed by atoms with E-state index in [4.69, 9.17) is 4.74 Å². The maximum absolute atomic E-state index is 13.7. The van der Waals surface area contributed by atoms with Crippen LogP contribution in [-0.4, -0.2) is 59.1 Å². The van der Waals surface area contributed by atoms with Gasteiger partial charge in [-0.15, -0.1) is 0 Å². The largest absolute Gasteiger partial charge is 0.491 e. The number of hydrogen-bond acceptors (Lipinski definition) is 6. The highest BCUT2D eigenvalue weighted by Gasteiger charge is 2.35. The van der Waals surface area contributed by atoms with E-state index in [1.54, 1.807) is 31.8 Å². The Hall–Kier alpha value is -3.65. The van der Waals surface area contributed by atoms with E-state index in [0.717, 1.165) is 6.07 Å². The van der Waals surface area contributed by atoms with Crippen LogP contribution in [0.3, 0.4) is 0 Å². The molecule has 0 atom stereocenters. The predicted octanol–water partition coefficient (Wildman–Crippen LogP) is 2.58. The number of alkyl halides is 3. The number of rotatable bonds is 7. The molecule has 1 aromatic carbocycles. The molecule has 0 fully saturated rings. The number of likely N-dealkylation sites (N-methyl/N-ethyl adjacent to an activating group) is 2. The number of ether oxygens (including phenoxy) is 1. The van der Waals surface area contributed by atoms with Crippen LogP contribution in [0.5, 0.6) is 5.75 Å². The average molecular weight is 446 g/mol. The number of benzene rings is 1. The van der Waals surface area contributed by atoms with Crippen molar-refractivity contribution in [2.45, 2.75) is 6.18 Å². The molecule has 0 aliphatic heterocycles. The fourth-order valence-corrected chi connectivity index (χ4v) is 3.09. The number of carbonyl (C=O) groups is 1. The molecule has 0 saturated heterocycles. The Balaban J connectivity index is 1.91. The number of aryl methyl sites for hydroxylation is 1. The van der Waals surface area contributed by atoms with E-state index in [9.17, 15) is 23.2 Å². The minimum absolute atomic E-state index is 0.0289. The van der Waals surface area contributed by atoms with E-state index in [-0.39, 0.29) is 48.3 Å². The number of pyridine rings is 1. The maximum Gasteiger partial charge on any atom is 0.419 e. The molecule has 3 rings (SSSR count). The summed E-state index contributed by atoms with van der Waals surface area (Å²) in [5, 5.41) is 12.1. The van der Waals surface area contributed by atoms with E-state index in [1.165, 1.54) is 23.4 Å². The number of nitrogens with one attached hydrogen (secondary N) is 1. The number of nitriles is 1. The van der Waals surface area contributed by atoms with Gasteiger partial charge in [0, 0.05) is 19.7 Å². The average Bonchev–Trinajstić information content (AvgIpc) is 3.13. The smallest absolute Gasteiger partial charge is 0.419 e. The Morgan fingerprint density at radius 3 is 2.75 bits per heavy atom. The molecule has 0 unspecified atom stereocenters. The topological polar surface area (TPSA) is 96.1 Å². The minimum Gasteiger partial charge on any atom is -0.491 e. The first-order valence-electron chi connectivity index (χ1n) is 9.61. The summed E-state index contributed by atoms with van der Waals surface area (Å²) < 4.78 is 48.2. The highest BCUT2D eigenvalue weighted by molar-refractivity contribution is 5.84. The molecular formula is C21H21F3N6O2. The molecule has 11 heteroatoms. The molecule has 0 aliphatic rings. The molecular weight excluding hydrogens is 425 g/mol. The van der Waals surface area contributed by atoms with Gasteiger partial charge in [0.2, 0.25) is 5.91 Å². The Morgan fingerprint density at radius 1 is 1.34 bits per heavy atom. The van der Waals surface area contributed by atoms with Crippen molar-refractivity contribution in [3.63, 3.8) is 0 Å². The van der Waals surface area contributed by atoms with Crippen LogP contribution in [0.25, 0.3) is 22.3 Å². The lowest BCUT2D eigenvalue weighted by Gasteiger charge is -2.19. The van der Waals surface area contributed by atoms with E-state index >= 15 is 0 Å². The standard InChI is InChI=1S/C21H21F3N6O2/c1-26-11-19(31)29(2)6-7-32-18-5-4-13(8-14(18)21(22,23)24)15-9-17-20(16(10-25)28-15)27-12-30(17)3/h4-5,8-9,12,26H,6-7,11H2,1-3H3. The summed E-state index contributed by atoms with van der Waals surface area (Å²) in [5.41, 5.74) is 0.421. The van der Waals surface area contributed by atoms with E-state index in [1.807, 2.05) is 6.07 Å². The number of aromatic nitrogens is 3. The number of nitrogens with zero attached hydrogens (tertiary/aromatic N) is 5. The first-order chi connectivity index (χ1) is 15.2. The zero-order chi connectivity index (χ0) is 23.5. The molecule has 0 bridgehead atoms. The summed E-state index contributed by atoms with van der Waals surface area (Å²) >= 11 is 0. The monoisotopic (exact) mass is 446 g/mol. The van der Waals surface area contributed by atoms with Gasteiger partial charge in [-0.2, -0.15) is 18.4 Å². The summed E-state index contributed by atoms with van der Waals surface area (Å²) in [5.74, 6) is -0.551. The van der Waals surface area contributed by atoms with Gasteiger partial charge in [0.15, 0.2) is 5.69 Å². The molecule has 0 spiro atoms. The lowest BCUT2D eigenvalue weighted by Crippen LogP contribution is -2.36. The summed E-state index contributed by atoms with van der Waals surface area (Å²) in [6, 6.07) is 7.13. The normalized spacial score (nSPS) is 11.4. The number of fused-ring (bicyclic) bond motifs is 1. The number of hydrogen-bond donors (Lipinski definition) is 1. The first kappa shape index (κ1) is 23.0. The van der Waals surface area contributed by atoms with Gasteiger partial charge in [-0.3, -0.25) is 4.79 Å². The third-order valence-corrected chi connectivity index (χ3v) is 4.84. The zero-order valence-electron chi connectivity index (χ0n) is 17.7. The molecule has 3 aromatic rings. The van der Waals surface area contributed by atoms with E-state index in [0.29, 0.717) is 11.0 Å². The van der Waals surface area contributed by atoms with Crippen LogP contribution in [-0.2, 0) is 18.0 Å². The molecule has 0 saturated carbocycles. The fourth-order valence-electron chi connectivity index (χ4n) is 3.09. The number of halogens is 3. The van der Waals surface area contributed by atoms with Crippen LogP contribution >= 0.6 is 0 Å². The molecule has 32 heavy (non-hydrogen) atoms. The van der Waals surface area contributed by atoms with E-state index < -0.39 is 11.7 Å². The molecule has 0 radical (unpaired) electrons. The summed E-state index contributed by atoms with van der Waals surface area (Å²) in [4.78, 5) is 21.4. The number of imidazole rings is 1. The van der Waals surface area contributed by atoms with Crippen LogP contribution in [0, 0.1) is 11.3 Å². The van der Waals surface area contributed by atoms with Crippen molar-refractivity contribution < 1.29 is 22.7 Å². The lowest BCUT2D eigenvalue weighted by atomic mass is 10.1. The van der Waals surface area contributed by atoms with Crippen molar-refractivity contribution in [2.75, 3.05) is 33.8 Å². The summed E-state index contributed by atoms with van der Waals surface area (Å²) in [6.45, 7) is 0.147. The third kappa shape index (κ3) is 4.81. The van der Waals surface area contributed by atoms with Gasteiger partial charge in [0.1, 0.15) is 23.9 Å². The van der Waals surface area contributed by atoms with Crippen LogP contribution in [0.15, 0.2) is 30.6 Å². The van der Waals surface area contributed by atoms with Crippen LogP contribution in [0.4, 0.5) is 13.2 Å². The lowest BCUT2D eigenvalue weighted by molar-refractivity contribution is -0.139. The van der Waals surface area contributed by atoms with Crippen molar-refractivity contribution >= 4 is 16.9 Å².